The van der Waals surface area contributed by atoms with Crippen LogP contribution < -0.4 is 22.5 Å². The number of ether oxygens (including phenoxy) is 2. The van der Waals surface area contributed by atoms with Crippen LogP contribution in [0, 0.1) is 0 Å². The van der Waals surface area contributed by atoms with Gasteiger partial charge in [-0.3, -0.25) is 19.6 Å². The number of esters is 2. The fraction of sp³-hybridized carbons (Fsp3) is 0.200. The van der Waals surface area contributed by atoms with Gasteiger partial charge in [0.15, 0.2) is 0 Å². The minimum Gasteiger partial charge on any atom is -0.462 e. The maximum atomic E-state index is 11.5. The molecule has 0 aliphatic carbocycles. The molecule has 2 heterocycles. The number of rotatable bonds is 7. The van der Waals surface area contributed by atoms with E-state index in [1.807, 2.05) is 9.97 Å². The lowest BCUT2D eigenvalue weighted by Gasteiger charge is -2.02. The van der Waals surface area contributed by atoms with E-state index in [-0.39, 0.29) is 24.2 Å². The monoisotopic (exact) mass is 378 g/mol. The molecule has 4 N–H and O–H groups in total. The number of nitrogens with one attached hydrogen (secondary N) is 4. The van der Waals surface area contributed by atoms with E-state index in [0.717, 1.165) is 18.3 Å². The van der Waals surface area contributed by atoms with Crippen molar-refractivity contribution in [2.45, 2.75) is 13.0 Å². The maximum absolute atomic E-state index is 11.5. The average molecular weight is 378 g/mol. The quantitative estimate of drug-likeness (QED) is 0.309. The second-order valence-electron chi connectivity index (χ2n) is 5.05. The van der Waals surface area contributed by atoms with Crippen LogP contribution in [0.1, 0.15) is 11.1 Å². The van der Waals surface area contributed by atoms with Crippen molar-refractivity contribution in [2.24, 2.45) is 0 Å². The second kappa shape index (κ2) is 8.94. The van der Waals surface area contributed by atoms with Crippen molar-refractivity contribution in [3.8, 4) is 0 Å². The summed E-state index contributed by atoms with van der Waals surface area (Å²) in [6.45, 7) is -0.556. The highest BCUT2D eigenvalue weighted by Crippen LogP contribution is 1.94. The Labute approximate surface area is 148 Å². The predicted octanol–water partition coefficient (Wildman–Crippen LogP) is -2.17. The molecule has 2 aromatic rings. The normalized spacial score (nSPS) is 10.7. The molecule has 27 heavy (non-hydrogen) atoms. The molecule has 0 bridgehead atoms. The van der Waals surface area contributed by atoms with Crippen molar-refractivity contribution in [1.29, 1.82) is 0 Å². The lowest BCUT2D eigenvalue weighted by atomic mass is 10.2. The lowest BCUT2D eigenvalue weighted by molar-refractivity contribution is -0.141. The first kappa shape index (κ1) is 19.4. The molecule has 142 valence electrons. The average Bonchev–Trinajstić information content (AvgIpc) is 2.61. The van der Waals surface area contributed by atoms with Crippen LogP contribution in [0.5, 0.6) is 0 Å². The molecular weight excluding hydrogens is 364 g/mol. The summed E-state index contributed by atoms with van der Waals surface area (Å²) in [5.74, 6) is -1.76. The number of aromatic nitrogens is 4. The van der Waals surface area contributed by atoms with Gasteiger partial charge in [0.1, 0.15) is 6.61 Å². The lowest BCUT2D eigenvalue weighted by Crippen LogP contribution is -2.25. The molecule has 0 saturated carbocycles. The van der Waals surface area contributed by atoms with Crippen LogP contribution in [0.15, 0.2) is 43.7 Å². The molecule has 0 spiro atoms. The third-order valence-corrected chi connectivity index (χ3v) is 3.13. The van der Waals surface area contributed by atoms with Gasteiger partial charge in [-0.2, -0.15) is 0 Å². The van der Waals surface area contributed by atoms with E-state index < -0.39 is 41.0 Å². The molecule has 0 fully saturated rings. The molecule has 0 amide bonds. The van der Waals surface area contributed by atoms with Crippen LogP contribution in [-0.4, -0.2) is 38.5 Å². The van der Waals surface area contributed by atoms with Gasteiger partial charge in [-0.1, -0.05) is 0 Å². The fourth-order valence-corrected chi connectivity index (χ4v) is 1.81. The van der Waals surface area contributed by atoms with E-state index in [1.165, 1.54) is 6.20 Å². The molecule has 0 atom stereocenters. The maximum Gasteiger partial charge on any atom is 0.331 e. The van der Waals surface area contributed by atoms with Crippen LogP contribution in [0.4, 0.5) is 0 Å². The summed E-state index contributed by atoms with van der Waals surface area (Å²) in [5, 5.41) is 0. The Hall–Kier alpha value is -3.96. The van der Waals surface area contributed by atoms with Gasteiger partial charge in [0.25, 0.3) is 11.1 Å². The molecule has 2 rings (SSSR count). The molecule has 0 aliphatic rings. The topological polar surface area (TPSA) is 184 Å². The van der Waals surface area contributed by atoms with Gasteiger partial charge in [0.2, 0.25) is 0 Å². The van der Waals surface area contributed by atoms with Crippen molar-refractivity contribution in [3.05, 3.63) is 77.3 Å². The summed E-state index contributed by atoms with van der Waals surface area (Å²) in [6, 6.07) is 0. The van der Waals surface area contributed by atoms with Crippen molar-refractivity contribution < 1.29 is 19.1 Å². The Morgan fingerprint density at radius 3 is 1.89 bits per heavy atom. The van der Waals surface area contributed by atoms with Gasteiger partial charge < -0.3 is 19.4 Å². The van der Waals surface area contributed by atoms with Crippen LogP contribution in [0.25, 0.3) is 0 Å². The van der Waals surface area contributed by atoms with Crippen LogP contribution in [0.2, 0.25) is 0 Å². The smallest absolute Gasteiger partial charge is 0.331 e. The first-order chi connectivity index (χ1) is 12.8. The number of hydrogen-bond donors (Lipinski definition) is 4. The standard InChI is InChI=1S/C15H14N4O8/c20-10(26-4-3-8-5-16-14(24)18-12(8)22)1-2-11(21)27-7-9-6-17-15(25)19-13(9)23/h1-2,5-6H,3-4,7H2,(H2,16,18,22,24)(H2,17,19,23,25)/b2-1+. The van der Waals surface area contributed by atoms with E-state index in [0.29, 0.717) is 0 Å². The predicted molar refractivity (Wildman–Crippen MR) is 89.0 cm³/mol. The van der Waals surface area contributed by atoms with Crippen molar-refractivity contribution in [3.63, 3.8) is 0 Å². The molecule has 12 heteroatoms. The molecule has 12 nitrogen and oxygen atoms in total. The highest BCUT2D eigenvalue weighted by atomic mass is 16.5. The highest BCUT2D eigenvalue weighted by molar-refractivity contribution is 5.91. The number of hydrogen-bond acceptors (Lipinski definition) is 8. The SMILES string of the molecule is O=C(/C=C/C(=O)OCc1c[nH]c(=O)[nH]c1=O)OCCc1c[nH]c(=O)[nH]c1=O. The van der Waals surface area contributed by atoms with Gasteiger partial charge in [-0.25, -0.2) is 19.2 Å². The largest absolute Gasteiger partial charge is 0.462 e. The van der Waals surface area contributed by atoms with Crippen molar-refractivity contribution in [1.82, 2.24) is 19.9 Å². The Bertz CT molecular complexity index is 1090. The Balaban J connectivity index is 1.77. The molecule has 0 unspecified atom stereocenters. The van der Waals surface area contributed by atoms with Gasteiger partial charge in [-0.15, -0.1) is 0 Å². The second-order valence-corrected chi connectivity index (χ2v) is 5.05. The zero-order valence-corrected chi connectivity index (χ0v) is 13.7. The molecule has 2 aromatic heterocycles. The summed E-state index contributed by atoms with van der Waals surface area (Å²) < 4.78 is 9.55. The summed E-state index contributed by atoms with van der Waals surface area (Å²) in [7, 11) is 0. The summed E-state index contributed by atoms with van der Waals surface area (Å²) in [5.41, 5.74) is -2.40. The summed E-state index contributed by atoms with van der Waals surface area (Å²) in [4.78, 5) is 76.0. The summed E-state index contributed by atoms with van der Waals surface area (Å²) in [6.07, 6.45) is 3.99. The number of aromatic amines is 4. The van der Waals surface area contributed by atoms with Crippen LogP contribution in [-0.2, 0) is 32.1 Å². The zero-order valence-electron chi connectivity index (χ0n) is 13.7. The zero-order chi connectivity index (χ0) is 19.8. The fourth-order valence-electron chi connectivity index (χ4n) is 1.81. The van der Waals surface area contributed by atoms with E-state index in [4.69, 9.17) is 9.47 Å². The van der Waals surface area contributed by atoms with Crippen LogP contribution in [0.3, 0.4) is 0 Å². The van der Waals surface area contributed by atoms with E-state index in [2.05, 4.69) is 9.97 Å². The van der Waals surface area contributed by atoms with E-state index >= 15 is 0 Å². The Morgan fingerprint density at radius 1 is 0.815 bits per heavy atom. The molecule has 0 radical (unpaired) electrons. The van der Waals surface area contributed by atoms with E-state index in [9.17, 15) is 28.8 Å². The molecular formula is C15H14N4O8. The van der Waals surface area contributed by atoms with Gasteiger partial charge in [0, 0.05) is 36.5 Å². The third-order valence-electron chi connectivity index (χ3n) is 3.13. The minimum atomic E-state index is -0.908. The van der Waals surface area contributed by atoms with Gasteiger partial charge >= 0.3 is 23.3 Å². The van der Waals surface area contributed by atoms with Crippen LogP contribution >= 0.6 is 0 Å². The summed E-state index contributed by atoms with van der Waals surface area (Å²) >= 11 is 0. The third kappa shape index (κ3) is 6.12. The number of H-pyrrole nitrogens is 4. The van der Waals surface area contributed by atoms with Crippen molar-refractivity contribution >= 4 is 11.9 Å². The number of carbonyl (C=O) groups is 2. The first-order valence-corrected chi connectivity index (χ1v) is 7.48. The highest BCUT2D eigenvalue weighted by Gasteiger charge is 2.06. The minimum absolute atomic E-state index is 0.0186. The first-order valence-electron chi connectivity index (χ1n) is 7.48. The molecule has 0 aromatic carbocycles. The van der Waals surface area contributed by atoms with Crippen molar-refractivity contribution in [2.75, 3.05) is 6.61 Å². The van der Waals surface area contributed by atoms with Gasteiger partial charge in [-0.05, 0) is 0 Å². The molecule has 0 aliphatic heterocycles. The Kier molecular flexibility index (Phi) is 6.41. The van der Waals surface area contributed by atoms with E-state index in [1.54, 1.807) is 0 Å². The Morgan fingerprint density at radius 2 is 1.33 bits per heavy atom. The van der Waals surface area contributed by atoms with Gasteiger partial charge in [0.05, 0.1) is 12.2 Å². The number of carbonyl (C=O) groups excluding carboxylic acids is 2. The molecule has 0 saturated heterocycles.